The largest absolute Gasteiger partial charge is 0.354 e. The topological polar surface area (TPSA) is 112 Å². The lowest BCUT2D eigenvalue weighted by Gasteiger charge is -2.33. The van der Waals surface area contributed by atoms with E-state index in [4.69, 9.17) is 0 Å². The Morgan fingerprint density at radius 1 is 0.938 bits per heavy atom. The molecule has 1 fully saturated rings. The molecule has 0 spiro atoms. The van der Waals surface area contributed by atoms with Crippen LogP contribution in [-0.4, -0.2) is 73.7 Å². The molecule has 172 valence electrons. The summed E-state index contributed by atoms with van der Waals surface area (Å²) in [4.78, 5) is 30.2. The van der Waals surface area contributed by atoms with Gasteiger partial charge < -0.3 is 10.6 Å². The maximum absolute atomic E-state index is 12.8. The van der Waals surface area contributed by atoms with Crippen molar-refractivity contribution >= 4 is 21.8 Å². The van der Waals surface area contributed by atoms with Crippen molar-refractivity contribution in [2.24, 2.45) is 0 Å². The van der Waals surface area contributed by atoms with Crippen LogP contribution in [0.15, 0.2) is 53.7 Å². The van der Waals surface area contributed by atoms with E-state index in [2.05, 4.69) is 15.6 Å². The zero-order valence-corrected chi connectivity index (χ0v) is 19.0. The highest BCUT2D eigenvalue weighted by Gasteiger charge is 2.28. The van der Waals surface area contributed by atoms with Gasteiger partial charge in [-0.25, -0.2) is 8.42 Å². The first-order valence-corrected chi connectivity index (χ1v) is 12.0. The van der Waals surface area contributed by atoms with Gasteiger partial charge in [0, 0.05) is 58.1 Å². The molecule has 2 heterocycles. The van der Waals surface area contributed by atoms with Gasteiger partial charge in [-0.15, -0.1) is 0 Å². The van der Waals surface area contributed by atoms with E-state index in [1.165, 1.54) is 4.31 Å². The summed E-state index contributed by atoms with van der Waals surface area (Å²) in [6, 6.07) is 10.5. The zero-order chi connectivity index (χ0) is 23.0. The Hall–Kier alpha value is -2.82. The fraction of sp³-hybridized carbons (Fsp3) is 0.409. The fourth-order valence-corrected chi connectivity index (χ4v) is 4.77. The number of pyridine rings is 1. The predicted molar refractivity (Wildman–Crippen MR) is 120 cm³/mol. The highest BCUT2D eigenvalue weighted by Crippen LogP contribution is 2.18. The van der Waals surface area contributed by atoms with E-state index in [-0.39, 0.29) is 36.2 Å². The van der Waals surface area contributed by atoms with Crippen molar-refractivity contribution in [2.75, 3.05) is 39.3 Å². The molecule has 0 bridgehead atoms. The minimum Gasteiger partial charge on any atom is -0.354 e. The molecular formula is C22H29N5O4S. The number of amides is 2. The first-order chi connectivity index (χ1) is 15.3. The number of aromatic nitrogens is 1. The maximum Gasteiger partial charge on any atom is 0.243 e. The van der Waals surface area contributed by atoms with Crippen LogP contribution in [-0.2, 0) is 26.2 Å². The molecule has 1 aromatic carbocycles. The van der Waals surface area contributed by atoms with Gasteiger partial charge in [0.2, 0.25) is 21.8 Å². The number of rotatable bonds is 9. The highest BCUT2D eigenvalue weighted by molar-refractivity contribution is 7.89. The van der Waals surface area contributed by atoms with Crippen molar-refractivity contribution in [3.8, 4) is 0 Å². The van der Waals surface area contributed by atoms with Crippen molar-refractivity contribution < 1.29 is 18.0 Å². The second-order valence-electron chi connectivity index (χ2n) is 7.73. The minimum atomic E-state index is -3.52. The van der Waals surface area contributed by atoms with Crippen molar-refractivity contribution in [2.45, 2.75) is 24.8 Å². The van der Waals surface area contributed by atoms with Crippen LogP contribution in [0.3, 0.4) is 0 Å². The van der Waals surface area contributed by atoms with Crippen LogP contribution in [0.1, 0.15) is 17.5 Å². The number of nitrogens with zero attached hydrogens (tertiary/aromatic N) is 3. The molecule has 1 aliphatic rings. The summed E-state index contributed by atoms with van der Waals surface area (Å²) in [5, 5.41) is 5.55. The van der Waals surface area contributed by atoms with Crippen molar-refractivity contribution in [3.63, 3.8) is 0 Å². The summed E-state index contributed by atoms with van der Waals surface area (Å²) in [7, 11) is -3.52. The maximum atomic E-state index is 12.8. The molecule has 10 heteroatoms. The number of carbonyl (C=O) groups excluding carboxylic acids is 2. The van der Waals surface area contributed by atoms with Crippen LogP contribution < -0.4 is 10.6 Å². The molecule has 3 rings (SSSR count). The van der Waals surface area contributed by atoms with E-state index in [1.807, 2.05) is 24.0 Å². The summed E-state index contributed by atoms with van der Waals surface area (Å²) >= 11 is 0. The normalized spacial score (nSPS) is 15.3. The summed E-state index contributed by atoms with van der Waals surface area (Å²) in [5.74, 6) is -0.321. The minimum absolute atomic E-state index is 0.142. The Balaban J connectivity index is 1.34. The lowest BCUT2D eigenvalue weighted by Crippen LogP contribution is -2.51. The Bertz CT molecular complexity index is 1000. The van der Waals surface area contributed by atoms with E-state index < -0.39 is 10.0 Å². The Morgan fingerprint density at radius 2 is 1.59 bits per heavy atom. The third kappa shape index (κ3) is 6.84. The molecule has 0 atom stereocenters. The number of aryl methyl sites for hydroxylation is 1. The van der Waals surface area contributed by atoms with Crippen LogP contribution in [0, 0.1) is 6.92 Å². The highest BCUT2D eigenvalue weighted by atomic mass is 32.2. The predicted octanol–water partition coefficient (Wildman–Crippen LogP) is 0.519. The number of piperazine rings is 1. The van der Waals surface area contributed by atoms with Crippen molar-refractivity contribution in [1.82, 2.24) is 24.8 Å². The standard InChI is InChI=1S/C22H29N5O4S/c1-18-2-4-20(5-3-18)32(30,31)27-14-12-26(13-15-27)17-22(29)24-11-8-21(28)25-16-19-6-9-23-10-7-19/h2-7,9-10H,8,11-17H2,1H3,(H,24,29)(H,25,28). The SMILES string of the molecule is Cc1ccc(S(=O)(=O)N2CCN(CC(=O)NCCC(=O)NCc3ccncc3)CC2)cc1. The second-order valence-corrected chi connectivity index (χ2v) is 9.66. The van der Waals surface area contributed by atoms with Crippen LogP contribution >= 0.6 is 0 Å². The van der Waals surface area contributed by atoms with Gasteiger partial charge in [-0.3, -0.25) is 19.5 Å². The number of carbonyl (C=O) groups is 2. The quantitative estimate of drug-likeness (QED) is 0.566. The average molecular weight is 460 g/mol. The molecule has 0 saturated carbocycles. The Morgan fingerprint density at radius 3 is 2.25 bits per heavy atom. The molecule has 9 nitrogen and oxygen atoms in total. The van der Waals surface area contributed by atoms with Gasteiger partial charge in [0.25, 0.3) is 0 Å². The molecule has 2 aromatic rings. The summed E-state index contributed by atoms with van der Waals surface area (Å²) in [5.41, 5.74) is 1.96. The first kappa shape index (κ1) is 23.8. The summed E-state index contributed by atoms with van der Waals surface area (Å²) < 4.78 is 27.0. The molecule has 0 radical (unpaired) electrons. The molecule has 1 aromatic heterocycles. The molecule has 1 aliphatic heterocycles. The van der Waals surface area contributed by atoms with Crippen molar-refractivity contribution in [1.29, 1.82) is 0 Å². The van der Waals surface area contributed by atoms with Crippen LogP contribution in [0.5, 0.6) is 0 Å². The second kappa shape index (κ2) is 11.2. The van der Waals surface area contributed by atoms with E-state index in [1.54, 1.807) is 36.7 Å². The Labute approximate surface area is 188 Å². The average Bonchev–Trinajstić information content (AvgIpc) is 2.79. The summed E-state index contributed by atoms with van der Waals surface area (Å²) in [6.45, 7) is 4.39. The number of nitrogens with one attached hydrogen (secondary N) is 2. The van der Waals surface area contributed by atoms with Crippen LogP contribution in [0.25, 0.3) is 0 Å². The van der Waals surface area contributed by atoms with E-state index in [0.717, 1.165) is 11.1 Å². The number of benzene rings is 1. The fourth-order valence-electron chi connectivity index (χ4n) is 3.35. The summed E-state index contributed by atoms with van der Waals surface area (Å²) in [6.07, 6.45) is 3.53. The smallest absolute Gasteiger partial charge is 0.243 e. The zero-order valence-electron chi connectivity index (χ0n) is 18.2. The Kier molecular flexibility index (Phi) is 8.32. The van der Waals surface area contributed by atoms with Crippen LogP contribution in [0.4, 0.5) is 0 Å². The van der Waals surface area contributed by atoms with Gasteiger partial charge in [-0.05, 0) is 36.8 Å². The molecule has 0 aliphatic carbocycles. The van der Waals surface area contributed by atoms with Crippen molar-refractivity contribution in [3.05, 3.63) is 59.9 Å². The number of sulfonamides is 1. The molecule has 32 heavy (non-hydrogen) atoms. The van der Waals surface area contributed by atoms with Gasteiger partial charge in [0.05, 0.1) is 11.4 Å². The molecule has 2 N–H and O–H groups in total. The first-order valence-electron chi connectivity index (χ1n) is 10.6. The molecular weight excluding hydrogens is 430 g/mol. The lowest BCUT2D eigenvalue weighted by atomic mass is 10.2. The van der Waals surface area contributed by atoms with E-state index >= 15 is 0 Å². The number of hydrogen-bond acceptors (Lipinski definition) is 6. The third-order valence-electron chi connectivity index (χ3n) is 5.27. The number of hydrogen-bond donors (Lipinski definition) is 2. The molecule has 1 saturated heterocycles. The van der Waals surface area contributed by atoms with Gasteiger partial charge in [-0.1, -0.05) is 17.7 Å². The van der Waals surface area contributed by atoms with E-state index in [9.17, 15) is 18.0 Å². The monoisotopic (exact) mass is 459 g/mol. The molecule has 2 amide bonds. The third-order valence-corrected chi connectivity index (χ3v) is 7.18. The van der Waals surface area contributed by atoms with Crippen LogP contribution in [0.2, 0.25) is 0 Å². The van der Waals surface area contributed by atoms with Gasteiger partial charge in [-0.2, -0.15) is 4.31 Å². The van der Waals surface area contributed by atoms with Gasteiger partial charge in [0.1, 0.15) is 0 Å². The molecule has 0 unspecified atom stereocenters. The van der Waals surface area contributed by atoms with Gasteiger partial charge >= 0.3 is 0 Å². The lowest BCUT2D eigenvalue weighted by molar-refractivity contribution is -0.123. The van der Waals surface area contributed by atoms with E-state index in [0.29, 0.717) is 32.7 Å². The van der Waals surface area contributed by atoms with Gasteiger partial charge in [0.15, 0.2) is 0 Å².